The van der Waals surface area contributed by atoms with E-state index >= 15 is 0 Å². The van der Waals surface area contributed by atoms with Crippen molar-refractivity contribution in [3.8, 4) is 11.5 Å². The fourth-order valence-electron chi connectivity index (χ4n) is 1.92. The topological polar surface area (TPSA) is 120 Å². The molecule has 0 saturated heterocycles. The zero-order chi connectivity index (χ0) is 19.2. The molecule has 0 heterocycles. The van der Waals surface area contributed by atoms with Gasteiger partial charge in [0.25, 0.3) is 0 Å². The molecule has 2 aromatic carbocycles. The lowest BCUT2D eigenvalue weighted by atomic mass is 10.2. The Morgan fingerprint density at radius 1 is 1.31 bits per heavy atom. The van der Waals surface area contributed by atoms with Crippen LogP contribution >= 0.6 is 22.6 Å². The molecule has 0 saturated carbocycles. The van der Waals surface area contributed by atoms with Gasteiger partial charge in [-0.3, -0.25) is 0 Å². The van der Waals surface area contributed by atoms with Gasteiger partial charge in [0.05, 0.1) is 16.4 Å². The van der Waals surface area contributed by atoms with Gasteiger partial charge < -0.3 is 14.7 Å². The average Bonchev–Trinajstić information content (AvgIpc) is 2.59. The number of halogens is 1. The lowest BCUT2D eigenvalue weighted by Crippen LogP contribution is -2.24. The molecule has 2 rings (SSSR count). The summed E-state index contributed by atoms with van der Waals surface area (Å²) in [5, 5.41) is 3.67. The molecule has 2 amide bonds. The molecule has 10 heteroatoms. The van der Waals surface area contributed by atoms with Crippen LogP contribution in [0.15, 0.2) is 52.5 Å². The highest BCUT2D eigenvalue weighted by molar-refractivity contribution is 14.1. The van der Waals surface area contributed by atoms with Crippen molar-refractivity contribution in [1.82, 2.24) is 5.43 Å². The third-order valence-corrected chi connectivity index (χ3v) is 4.98. The van der Waals surface area contributed by atoms with Gasteiger partial charge in [-0.1, -0.05) is 18.2 Å². The van der Waals surface area contributed by atoms with Gasteiger partial charge in [0.15, 0.2) is 11.5 Å². The van der Waals surface area contributed by atoms with E-state index in [1.54, 1.807) is 37.3 Å². The number of rotatable bonds is 7. The number of ether oxygens (including phenoxy) is 1. The summed E-state index contributed by atoms with van der Waals surface area (Å²) < 4.78 is 36.2. The number of benzene rings is 2. The zero-order valence-corrected chi connectivity index (χ0v) is 16.7. The van der Waals surface area contributed by atoms with E-state index in [-0.39, 0.29) is 16.4 Å². The van der Waals surface area contributed by atoms with Crippen LogP contribution in [0.3, 0.4) is 0 Å². The Morgan fingerprint density at radius 2 is 2.00 bits per heavy atom. The summed E-state index contributed by atoms with van der Waals surface area (Å²) in [5.74, 6) is 0.316. The first-order valence-electron chi connectivity index (χ1n) is 7.38. The van der Waals surface area contributed by atoms with E-state index in [9.17, 15) is 13.2 Å². The summed E-state index contributed by atoms with van der Waals surface area (Å²) in [7, 11) is -4.01. The number of nitrogens with two attached hydrogens (primary N) is 1. The highest BCUT2D eigenvalue weighted by Crippen LogP contribution is 2.36. The first-order chi connectivity index (χ1) is 12.3. The standard InChI is InChI=1S/C16H16IN3O5S/c1-2-24-14-9-11(10-19-20-16(18)21)8-13(17)15(14)25-26(22,23)12-6-4-3-5-7-12/h3-10H,2H2,1H3,(H3,18,20,21)/b19-10-. The fourth-order valence-corrected chi connectivity index (χ4v) is 3.78. The van der Waals surface area contributed by atoms with Crippen LogP contribution in [0.5, 0.6) is 11.5 Å². The van der Waals surface area contributed by atoms with E-state index in [4.69, 9.17) is 14.7 Å². The fraction of sp³-hybridized carbons (Fsp3) is 0.125. The molecule has 0 aliphatic carbocycles. The highest BCUT2D eigenvalue weighted by Gasteiger charge is 2.21. The van der Waals surface area contributed by atoms with E-state index in [0.717, 1.165) is 0 Å². The number of nitrogens with one attached hydrogen (secondary N) is 1. The van der Waals surface area contributed by atoms with E-state index in [0.29, 0.717) is 15.7 Å². The Morgan fingerprint density at radius 3 is 2.62 bits per heavy atom. The average molecular weight is 489 g/mol. The summed E-state index contributed by atoms with van der Waals surface area (Å²) in [6, 6.07) is 10.2. The molecule has 0 radical (unpaired) electrons. The second kappa shape index (κ2) is 8.85. The van der Waals surface area contributed by atoms with Gasteiger partial charge in [-0.15, -0.1) is 0 Å². The van der Waals surface area contributed by atoms with Crippen LogP contribution in [0.25, 0.3) is 0 Å². The maximum Gasteiger partial charge on any atom is 0.339 e. The maximum atomic E-state index is 12.5. The molecule has 0 aromatic heterocycles. The van der Waals surface area contributed by atoms with Crippen molar-refractivity contribution in [2.24, 2.45) is 10.8 Å². The van der Waals surface area contributed by atoms with Crippen molar-refractivity contribution in [2.75, 3.05) is 6.61 Å². The summed E-state index contributed by atoms with van der Waals surface area (Å²) in [6.07, 6.45) is 1.35. The molecule has 0 bridgehead atoms. The summed E-state index contributed by atoms with van der Waals surface area (Å²) in [5.41, 5.74) is 7.58. The van der Waals surface area contributed by atoms with Crippen molar-refractivity contribution in [3.05, 3.63) is 51.6 Å². The first-order valence-corrected chi connectivity index (χ1v) is 9.86. The highest BCUT2D eigenvalue weighted by atomic mass is 127. The second-order valence-electron chi connectivity index (χ2n) is 4.85. The van der Waals surface area contributed by atoms with Crippen molar-refractivity contribution in [1.29, 1.82) is 0 Å². The number of carbonyl (C=O) groups is 1. The molecule has 3 N–H and O–H groups in total. The molecular formula is C16H16IN3O5S. The van der Waals surface area contributed by atoms with Crippen molar-refractivity contribution in [2.45, 2.75) is 11.8 Å². The van der Waals surface area contributed by atoms with E-state index in [2.05, 4.69) is 10.5 Å². The van der Waals surface area contributed by atoms with Gasteiger partial charge in [-0.05, 0) is 59.3 Å². The Balaban J connectivity index is 2.38. The summed E-state index contributed by atoms with van der Waals surface area (Å²) in [6.45, 7) is 2.07. The number of hydrazone groups is 1. The predicted molar refractivity (Wildman–Crippen MR) is 105 cm³/mol. The Labute approximate surface area is 164 Å². The third kappa shape index (κ3) is 5.33. The number of urea groups is 1. The number of primary amides is 1. The number of hydrogen-bond donors (Lipinski definition) is 2. The van der Waals surface area contributed by atoms with Crippen molar-refractivity contribution >= 4 is 45.0 Å². The number of nitrogens with zero attached hydrogens (tertiary/aromatic N) is 1. The van der Waals surface area contributed by atoms with Gasteiger partial charge in [0.2, 0.25) is 0 Å². The molecule has 0 unspecified atom stereocenters. The largest absolute Gasteiger partial charge is 0.490 e. The maximum absolute atomic E-state index is 12.5. The Hall–Kier alpha value is -2.34. The van der Waals surface area contributed by atoms with E-state index in [1.807, 2.05) is 22.6 Å². The predicted octanol–water partition coefficient (Wildman–Crippen LogP) is 2.46. The SMILES string of the molecule is CCOc1cc(/C=N\NC(N)=O)cc(I)c1OS(=O)(=O)c1ccccc1. The van der Waals surface area contributed by atoms with Crippen LogP contribution in [0.1, 0.15) is 12.5 Å². The molecule has 138 valence electrons. The van der Waals surface area contributed by atoms with Gasteiger partial charge in [-0.2, -0.15) is 13.5 Å². The minimum Gasteiger partial charge on any atom is -0.490 e. The van der Waals surface area contributed by atoms with Crippen molar-refractivity contribution in [3.63, 3.8) is 0 Å². The van der Waals surface area contributed by atoms with E-state index in [1.165, 1.54) is 18.3 Å². The minimum absolute atomic E-state index is 0.0366. The lowest BCUT2D eigenvalue weighted by Gasteiger charge is -2.14. The molecule has 0 aliphatic rings. The molecule has 0 spiro atoms. The third-order valence-electron chi connectivity index (χ3n) is 2.94. The van der Waals surface area contributed by atoms with Crippen LogP contribution in [0.2, 0.25) is 0 Å². The molecule has 8 nitrogen and oxygen atoms in total. The van der Waals surface area contributed by atoms with Gasteiger partial charge in [-0.25, -0.2) is 10.2 Å². The molecule has 0 fully saturated rings. The molecule has 26 heavy (non-hydrogen) atoms. The smallest absolute Gasteiger partial charge is 0.339 e. The number of amides is 2. The van der Waals surface area contributed by atoms with Gasteiger partial charge in [0, 0.05) is 0 Å². The number of hydrogen-bond acceptors (Lipinski definition) is 6. The van der Waals surface area contributed by atoms with Gasteiger partial charge >= 0.3 is 16.1 Å². The second-order valence-corrected chi connectivity index (χ2v) is 7.56. The number of carbonyl (C=O) groups excluding carboxylic acids is 1. The minimum atomic E-state index is -4.01. The van der Waals surface area contributed by atoms with Crippen LogP contribution in [0, 0.1) is 3.57 Å². The molecular weight excluding hydrogens is 473 g/mol. The Bertz CT molecular complexity index is 917. The lowest BCUT2D eigenvalue weighted by molar-refractivity contribution is 0.249. The van der Waals surface area contributed by atoms with Crippen LogP contribution in [-0.2, 0) is 10.1 Å². The molecule has 0 atom stereocenters. The first kappa shape index (κ1) is 20.0. The molecule has 0 aliphatic heterocycles. The van der Waals surface area contributed by atoms with Gasteiger partial charge in [0.1, 0.15) is 4.90 Å². The Kier molecular flexibility index (Phi) is 6.80. The normalized spacial score (nSPS) is 11.3. The van der Waals surface area contributed by atoms with Crippen LogP contribution < -0.4 is 20.1 Å². The zero-order valence-electron chi connectivity index (χ0n) is 13.7. The quantitative estimate of drug-likeness (QED) is 0.268. The molecule has 2 aromatic rings. The van der Waals surface area contributed by atoms with Crippen molar-refractivity contribution < 1.29 is 22.1 Å². The van der Waals surface area contributed by atoms with E-state index < -0.39 is 16.1 Å². The monoisotopic (exact) mass is 489 g/mol. The van der Waals surface area contributed by atoms with Crippen LogP contribution in [0.4, 0.5) is 4.79 Å². The summed E-state index contributed by atoms with van der Waals surface area (Å²) in [4.78, 5) is 10.7. The summed E-state index contributed by atoms with van der Waals surface area (Å²) >= 11 is 1.93. The van der Waals surface area contributed by atoms with Crippen LogP contribution in [-0.4, -0.2) is 27.3 Å².